The summed E-state index contributed by atoms with van der Waals surface area (Å²) in [6.07, 6.45) is 0. The highest BCUT2D eigenvalue weighted by Gasteiger charge is 2.38. The number of thiophene rings is 1. The van der Waals surface area contributed by atoms with Gasteiger partial charge in [0.05, 0.1) is 0 Å². The summed E-state index contributed by atoms with van der Waals surface area (Å²) in [5.41, 5.74) is 16.8. The molecular weight excluding hydrogens is 623 g/mol. The Balaban J connectivity index is 1.18. The van der Waals surface area contributed by atoms with E-state index >= 15 is 0 Å². The van der Waals surface area contributed by atoms with Crippen molar-refractivity contribution in [3.8, 4) is 33.4 Å². The molecule has 0 saturated heterocycles. The largest absolute Gasteiger partial charge is 0.310 e. The maximum Gasteiger partial charge on any atom is 0.0468 e. The quantitative estimate of drug-likeness (QED) is 0.182. The molecule has 50 heavy (non-hydrogen) atoms. The van der Waals surface area contributed by atoms with Crippen LogP contribution < -0.4 is 4.90 Å². The van der Waals surface area contributed by atoms with E-state index in [4.69, 9.17) is 0 Å². The topological polar surface area (TPSA) is 3.24 Å². The van der Waals surface area contributed by atoms with Gasteiger partial charge in [-0.25, -0.2) is 0 Å². The van der Waals surface area contributed by atoms with Crippen molar-refractivity contribution in [1.82, 2.24) is 0 Å². The fourth-order valence-electron chi connectivity index (χ4n) is 8.86. The number of fused-ring (bicyclic) bond motifs is 10. The van der Waals surface area contributed by atoms with Gasteiger partial charge in [0.15, 0.2) is 0 Å². The lowest BCUT2D eigenvalue weighted by Gasteiger charge is -2.29. The second-order valence-corrected chi connectivity index (χ2v) is 16.0. The average molecular weight is 660 g/mol. The zero-order valence-electron chi connectivity index (χ0n) is 28.8. The fraction of sp³-hybridized carbons (Fsp3) is 0.125. The Morgan fingerprint density at radius 1 is 0.420 bits per heavy atom. The lowest BCUT2D eigenvalue weighted by molar-refractivity contribution is 0.660. The van der Waals surface area contributed by atoms with Crippen molar-refractivity contribution >= 4 is 48.6 Å². The molecule has 0 amide bonds. The number of hydrogen-bond acceptors (Lipinski definition) is 2. The van der Waals surface area contributed by atoms with E-state index in [1.807, 2.05) is 11.3 Å². The van der Waals surface area contributed by atoms with E-state index in [9.17, 15) is 0 Å². The van der Waals surface area contributed by atoms with Gasteiger partial charge in [0.25, 0.3) is 0 Å². The maximum absolute atomic E-state index is 2.46. The lowest BCUT2D eigenvalue weighted by Crippen LogP contribution is -2.17. The molecule has 0 bridgehead atoms. The third kappa shape index (κ3) is 4.12. The molecule has 0 saturated carbocycles. The monoisotopic (exact) mass is 659 g/mol. The third-order valence-corrected chi connectivity index (χ3v) is 12.7. The molecule has 0 radical (unpaired) electrons. The van der Waals surface area contributed by atoms with Crippen LogP contribution in [-0.4, -0.2) is 0 Å². The summed E-state index contributed by atoms with van der Waals surface area (Å²) in [4.78, 5) is 2.46. The molecule has 240 valence electrons. The van der Waals surface area contributed by atoms with Crippen molar-refractivity contribution in [3.05, 3.63) is 174 Å². The summed E-state index contributed by atoms with van der Waals surface area (Å²) in [6.45, 7) is 9.50. The first-order valence-corrected chi connectivity index (χ1v) is 18.4. The minimum Gasteiger partial charge on any atom is -0.310 e. The first kappa shape index (κ1) is 29.5. The molecule has 0 aliphatic heterocycles. The van der Waals surface area contributed by atoms with Gasteiger partial charge in [0.2, 0.25) is 0 Å². The molecular formula is C48H37NS. The summed E-state index contributed by atoms with van der Waals surface area (Å²) in [7, 11) is 0. The smallest absolute Gasteiger partial charge is 0.0468 e. The van der Waals surface area contributed by atoms with Gasteiger partial charge in [0.1, 0.15) is 0 Å². The van der Waals surface area contributed by atoms with E-state index in [2.05, 4.69) is 184 Å². The molecule has 8 aromatic rings. The molecule has 2 aliphatic carbocycles. The standard InChI is InChI=1S/C48H37NS/c1-47(2)41-26-23-33(28-39(41)45-42(47)27-25-38-37-15-9-11-17-44(37)50-46(38)45)49(32-20-18-31(19-21-32)30-12-6-5-7-13-30)34-22-24-36-35-14-8-10-16-40(35)48(3,4)43(36)29-34/h5-29H,1-4H3. The van der Waals surface area contributed by atoms with Gasteiger partial charge >= 0.3 is 0 Å². The van der Waals surface area contributed by atoms with Crippen LogP contribution in [0.1, 0.15) is 49.9 Å². The molecule has 1 aromatic heterocycles. The molecule has 0 spiro atoms. The molecule has 2 heteroatoms. The number of hydrogen-bond donors (Lipinski definition) is 0. The Labute approximate surface area is 298 Å². The molecule has 0 N–H and O–H groups in total. The van der Waals surface area contributed by atoms with Gasteiger partial charge in [-0.05, 0) is 92.5 Å². The van der Waals surface area contributed by atoms with E-state index in [1.165, 1.54) is 87.2 Å². The van der Waals surface area contributed by atoms with Crippen LogP contribution in [0.4, 0.5) is 17.1 Å². The Kier molecular flexibility index (Phi) is 6.21. The summed E-state index contributed by atoms with van der Waals surface area (Å²) >= 11 is 1.93. The van der Waals surface area contributed by atoms with Crippen LogP contribution in [0.2, 0.25) is 0 Å². The zero-order valence-corrected chi connectivity index (χ0v) is 29.6. The second kappa shape index (κ2) is 10.5. The van der Waals surface area contributed by atoms with Crippen molar-refractivity contribution in [3.63, 3.8) is 0 Å². The van der Waals surface area contributed by atoms with Crippen molar-refractivity contribution in [2.45, 2.75) is 38.5 Å². The molecule has 7 aromatic carbocycles. The Morgan fingerprint density at radius 3 is 1.86 bits per heavy atom. The van der Waals surface area contributed by atoms with Crippen LogP contribution in [0.25, 0.3) is 53.6 Å². The summed E-state index contributed by atoms with van der Waals surface area (Å²) in [5, 5.41) is 2.70. The van der Waals surface area contributed by atoms with Gasteiger partial charge in [-0.3, -0.25) is 0 Å². The van der Waals surface area contributed by atoms with Crippen LogP contribution in [-0.2, 0) is 10.8 Å². The molecule has 0 unspecified atom stereocenters. The van der Waals surface area contributed by atoms with Gasteiger partial charge in [0, 0.05) is 53.6 Å². The van der Waals surface area contributed by atoms with Gasteiger partial charge in [-0.15, -0.1) is 11.3 Å². The van der Waals surface area contributed by atoms with Crippen molar-refractivity contribution in [2.75, 3.05) is 4.90 Å². The summed E-state index contributed by atoms with van der Waals surface area (Å²) < 4.78 is 2.74. The first-order chi connectivity index (χ1) is 24.3. The first-order valence-electron chi connectivity index (χ1n) is 17.6. The Morgan fingerprint density at radius 2 is 1.02 bits per heavy atom. The fourth-order valence-corrected chi connectivity index (χ4v) is 10.1. The number of rotatable bonds is 4. The molecule has 2 aliphatic rings. The highest BCUT2D eigenvalue weighted by molar-refractivity contribution is 7.26. The van der Waals surface area contributed by atoms with E-state index < -0.39 is 0 Å². The van der Waals surface area contributed by atoms with Crippen LogP contribution in [0.3, 0.4) is 0 Å². The van der Waals surface area contributed by atoms with Crippen molar-refractivity contribution in [2.24, 2.45) is 0 Å². The van der Waals surface area contributed by atoms with Crippen LogP contribution in [0.15, 0.2) is 152 Å². The van der Waals surface area contributed by atoms with E-state index in [1.54, 1.807) is 0 Å². The number of nitrogens with zero attached hydrogens (tertiary/aromatic N) is 1. The van der Waals surface area contributed by atoms with E-state index in [-0.39, 0.29) is 10.8 Å². The Hall–Kier alpha value is -5.44. The minimum absolute atomic E-state index is 0.0842. The molecule has 1 heterocycles. The van der Waals surface area contributed by atoms with E-state index in [0.717, 1.165) is 5.69 Å². The highest BCUT2D eigenvalue weighted by Crippen LogP contribution is 2.56. The van der Waals surface area contributed by atoms with Crippen LogP contribution in [0, 0.1) is 0 Å². The number of benzene rings is 7. The van der Waals surface area contributed by atoms with Gasteiger partial charge < -0.3 is 4.90 Å². The minimum atomic E-state index is -0.0849. The van der Waals surface area contributed by atoms with E-state index in [0.29, 0.717) is 0 Å². The second-order valence-electron chi connectivity index (χ2n) is 15.0. The summed E-state index contributed by atoms with van der Waals surface area (Å²) in [5.74, 6) is 0. The zero-order chi connectivity index (χ0) is 33.8. The van der Waals surface area contributed by atoms with Gasteiger partial charge in [-0.2, -0.15) is 0 Å². The third-order valence-electron chi connectivity index (χ3n) is 11.5. The molecule has 10 rings (SSSR count). The average Bonchev–Trinajstić information content (AvgIpc) is 3.72. The molecule has 0 atom stereocenters. The normalized spacial score (nSPS) is 14.7. The predicted octanol–water partition coefficient (Wildman–Crippen LogP) is 13.8. The predicted molar refractivity (Wildman–Crippen MR) is 215 cm³/mol. The maximum atomic E-state index is 2.46. The van der Waals surface area contributed by atoms with Crippen molar-refractivity contribution < 1.29 is 0 Å². The van der Waals surface area contributed by atoms with Crippen LogP contribution in [0.5, 0.6) is 0 Å². The number of anilines is 3. The SMILES string of the molecule is CC1(C)c2ccccc2-c2ccc(N(c3ccc(-c4ccccc4)cc3)c3ccc4c(c3)-c3c(ccc5c3sc3ccccc35)C4(C)C)cc21. The summed E-state index contributed by atoms with van der Waals surface area (Å²) in [6, 6.07) is 56.5. The van der Waals surface area contributed by atoms with Crippen LogP contribution >= 0.6 is 11.3 Å². The Bertz CT molecular complexity index is 2640. The molecule has 1 nitrogen and oxygen atoms in total. The molecule has 0 fully saturated rings. The van der Waals surface area contributed by atoms with Crippen molar-refractivity contribution in [1.29, 1.82) is 0 Å². The highest BCUT2D eigenvalue weighted by atomic mass is 32.1. The lowest BCUT2D eigenvalue weighted by atomic mass is 9.82. The van der Waals surface area contributed by atoms with Gasteiger partial charge in [-0.1, -0.05) is 137 Å².